The minimum absolute atomic E-state index is 0.0430. The highest BCUT2D eigenvalue weighted by Crippen LogP contribution is 2.10. The fourth-order valence-electron chi connectivity index (χ4n) is 1.65. The van der Waals surface area contributed by atoms with Crippen molar-refractivity contribution in [2.45, 2.75) is 12.6 Å². The number of methoxy groups -OCH3 is 1. The fraction of sp³-hybridized carbons (Fsp3) is 0.385. The molecule has 5 heteroatoms. The van der Waals surface area contributed by atoms with Crippen molar-refractivity contribution in [3.8, 4) is 5.97 Å². The predicted molar refractivity (Wildman–Crippen MR) is 76.0 cm³/mol. The van der Waals surface area contributed by atoms with Crippen LogP contribution in [0.5, 0.6) is 0 Å². The van der Waals surface area contributed by atoms with Gasteiger partial charge in [0.25, 0.3) is 6.71 Å². The van der Waals surface area contributed by atoms with E-state index in [1.165, 1.54) is 7.11 Å². The molecule has 0 bridgehead atoms. The lowest BCUT2D eigenvalue weighted by atomic mass is 9.46. The van der Waals surface area contributed by atoms with Gasteiger partial charge in [-0.25, -0.2) is 10.1 Å². The Morgan fingerprint density at radius 3 is 2.61 bits per heavy atom. The Balaban J connectivity index is 2.62. The first kappa shape index (κ1) is 14.7. The van der Waals surface area contributed by atoms with Gasteiger partial charge in [-0.1, -0.05) is 24.0 Å². The lowest BCUT2D eigenvalue weighted by molar-refractivity contribution is 0.0600. The molecule has 0 unspecified atom stereocenters. The molecule has 0 aromatic heterocycles. The molecular formula is C13H16BNO2S. The topological polar surface area (TPSA) is 50.1 Å². The van der Waals surface area contributed by atoms with E-state index in [0.717, 1.165) is 24.0 Å². The number of carbonyl (C=O) groups excluding carboxylic acids is 1. The van der Waals surface area contributed by atoms with Gasteiger partial charge in [-0.15, -0.1) is 0 Å². The SMILES string of the molecule is COC(=O)c1ccc(CB(C#N)CCSC)cc1. The van der Waals surface area contributed by atoms with Crippen molar-refractivity contribution < 1.29 is 9.53 Å². The lowest BCUT2D eigenvalue weighted by Gasteiger charge is -2.05. The van der Waals surface area contributed by atoms with E-state index in [1.54, 1.807) is 23.9 Å². The number of carbonyl (C=O) groups is 1. The quantitative estimate of drug-likeness (QED) is 0.583. The molecule has 0 fully saturated rings. The van der Waals surface area contributed by atoms with Gasteiger partial charge in [0.2, 0.25) is 0 Å². The average Bonchev–Trinajstić information content (AvgIpc) is 2.43. The second-order valence-electron chi connectivity index (χ2n) is 4.00. The highest BCUT2D eigenvalue weighted by molar-refractivity contribution is 7.98. The van der Waals surface area contributed by atoms with Crippen molar-refractivity contribution in [3.05, 3.63) is 35.4 Å². The van der Waals surface area contributed by atoms with E-state index in [2.05, 4.69) is 10.7 Å². The summed E-state index contributed by atoms with van der Waals surface area (Å²) < 4.78 is 4.64. The number of rotatable bonds is 6. The van der Waals surface area contributed by atoms with E-state index in [0.29, 0.717) is 5.56 Å². The Kier molecular flexibility index (Phi) is 6.38. The van der Waals surface area contributed by atoms with E-state index < -0.39 is 0 Å². The van der Waals surface area contributed by atoms with Gasteiger partial charge in [0.05, 0.1) is 12.7 Å². The summed E-state index contributed by atoms with van der Waals surface area (Å²) in [5.74, 6) is 2.99. The van der Waals surface area contributed by atoms with Crippen LogP contribution in [0.1, 0.15) is 15.9 Å². The third-order valence-corrected chi connectivity index (χ3v) is 3.35. The molecule has 0 saturated carbocycles. The summed E-state index contributed by atoms with van der Waals surface area (Å²) in [4.78, 5) is 11.3. The maximum Gasteiger partial charge on any atom is 0.337 e. The number of thioether (sulfide) groups is 1. The molecule has 1 aromatic rings. The highest BCUT2D eigenvalue weighted by Gasteiger charge is 2.14. The summed E-state index contributed by atoms with van der Waals surface area (Å²) in [5, 5.41) is 9.06. The summed E-state index contributed by atoms with van der Waals surface area (Å²) in [7, 11) is 1.37. The molecule has 3 nitrogen and oxygen atoms in total. The number of hydrogen-bond donors (Lipinski definition) is 0. The molecular weight excluding hydrogens is 245 g/mol. The minimum atomic E-state index is -0.333. The lowest BCUT2D eigenvalue weighted by Crippen LogP contribution is -2.15. The third kappa shape index (κ3) is 4.46. The van der Waals surface area contributed by atoms with Crippen LogP contribution in [-0.4, -0.2) is 31.8 Å². The Morgan fingerprint density at radius 2 is 2.11 bits per heavy atom. The summed E-state index contributed by atoms with van der Waals surface area (Å²) in [6.45, 7) is 0.0430. The highest BCUT2D eigenvalue weighted by atomic mass is 32.2. The summed E-state index contributed by atoms with van der Waals surface area (Å²) in [5.41, 5.74) is 1.62. The van der Waals surface area contributed by atoms with Crippen molar-refractivity contribution in [3.63, 3.8) is 0 Å². The molecule has 0 saturated heterocycles. The van der Waals surface area contributed by atoms with Crippen LogP contribution in [0.3, 0.4) is 0 Å². The van der Waals surface area contributed by atoms with Gasteiger partial charge in [-0.2, -0.15) is 11.8 Å². The van der Waals surface area contributed by atoms with E-state index in [4.69, 9.17) is 5.26 Å². The summed E-state index contributed by atoms with van der Waals surface area (Å²) in [6, 6.07) is 7.25. The monoisotopic (exact) mass is 261 g/mol. The van der Waals surface area contributed by atoms with Crippen molar-refractivity contribution in [1.82, 2.24) is 0 Å². The number of ether oxygens (including phenoxy) is 1. The van der Waals surface area contributed by atoms with E-state index >= 15 is 0 Å². The number of benzene rings is 1. The zero-order chi connectivity index (χ0) is 13.4. The van der Waals surface area contributed by atoms with Crippen LogP contribution >= 0.6 is 11.8 Å². The van der Waals surface area contributed by atoms with Crippen LogP contribution < -0.4 is 0 Å². The molecule has 0 spiro atoms. The van der Waals surface area contributed by atoms with Crippen molar-refractivity contribution in [2.24, 2.45) is 0 Å². The largest absolute Gasteiger partial charge is 0.465 e. The minimum Gasteiger partial charge on any atom is -0.465 e. The molecule has 18 heavy (non-hydrogen) atoms. The van der Waals surface area contributed by atoms with Gasteiger partial charge < -0.3 is 4.74 Å². The zero-order valence-electron chi connectivity index (χ0n) is 10.7. The molecule has 0 radical (unpaired) electrons. The van der Waals surface area contributed by atoms with Crippen LogP contribution in [0.2, 0.25) is 6.32 Å². The molecule has 0 aliphatic rings. The average molecular weight is 261 g/mol. The van der Waals surface area contributed by atoms with Gasteiger partial charge in [0, 0.05) is 5.97 Å². The van der Waals surface area contributed by atoms with Crippen LogP contribution in [0.25, 0.3) is 0 Å². The molecule has 1 aromatic carbocycles. The first-order valence-electron chi connectivity index (χ1n) is 5.77. The fourth-order valence-corrected chi connectivity index (χ4v) is 2.17. The molecule has 0 N–H and O–H groups in total. The van der Waals surface area contributed by atoms with E-state index in [-0.39, 0.29) is 12.7 Å². The van der Waals surface area contributed by atoms with Crippen LogP contribution in [-0.2, 0) is 11.1 Å². The first-order chi connectivity index (χ1) is 8.71. The Hall–Kier alpha value is -1.41. The van der Waals surface area contributed by atoms with Crippen molar-refractivity contribution in [2.75, 3.05) is 19.1 Å². The molecule has 94 valence electrons. The maximum atomic E-state index is 11.3. The number of hydrogen-bond acceptors (Lipinski definition) is 4. The normalized spacial score (nSPS) is 9.61. The van der Waals surface area contributed by atoms with Crippen molar-refractivity contribution >= 4 is 24.4 Å². The van der Waals surface area contributed by atoms with E-state index in [1.807, 2.05) is 18.4 Å². The third-order valence-electron chi connectivity index (χ3n) is 2.71. The maximum absolute atomic E-state index is 11.3. The first-order valence-corrected chi connectivity index (χ1v) is 7.16. The van der Waals surface area contributed by atoms with Crippen LogP contribution in [0, 0.1) is 11.2 Å². The molecule has 0 atom stereocenters. The van der Waals surface area contributed by atoms with Gasteiger partial charge >= 0.3 is 5.97 Å². The summed E-state index contributed by atoms with van der Waals surface area (Å²) in [6.07, 6.45) is 3.68. The van der Waals surface area contributed by atoms with E-state index in [9.17, 15) is 4.79 Å². The Bertz CT molecular complexity index is 428. The van der Waals surface area contributed by atoms with Crippen molar-refractivity contribution in [1.29, 1.82) is 5.26 Å². The van der Waals surface area contributed by atoms with Crippen LogP contribution in [0.15, 0.2) is 24.3 Å². The van der Waals surface area contributed by atoms with Crippen LogP contribution in [0.4, 0.5) is 0 Å². The van der Waals surface area contributed by atoms with Gasteiger partial charge in [-0.3, -0.25) is 0 Å². The molecule has 0 aliphatic carbocycles. The standard InChI is InChI=1S/C13H16BNO2S/c1-17-13(16)12-5-3-11(4-6-12)9-14(10-15)7-8-18-2/h3-6H,7-9H2,1-2H3. The van der Waals surface area contributed by atoms with Gasteiger partial charge in [0.15, 0.2) is 0 Å². The molecule has 1 rings (SSSR count). The Labute approximate surface area is 113 Å². The summed E-state index contributed by atoms with van der Waals surface area (Å²) >= 11 is 1.75. The second kappa shape index (κ2) is 7.83. The molecule has 0 aliphatic heterocycles. The number of nitriles is 1. The Morgan fingerprint density at radius 1 is 1.44 bits per heavy atom. The second-order valence-corrected chi connectivity index (χ2v) is 4.99. The van der Waals surface area contributed by atoms with Gasteiger partial charge in [-0.05, 0) is 30.5 Å². The number of nitrogens with zero attached hydrogens (tertiary/aromatic N) is 1. The zero-order valence-corrected chi connectivity index (χ0v) is 11.5. The molecule has 0 amide bonds. The smallest absolute Gasteiger partial charge is 0.337 e. The predicted octanol–water partition coefficient (Wildman–Crippen LogP) is 2.48. The van der Waals surface area contributed by atoms with Gasteiger partial charge in [0.1, 0.15) is 0 Å². The number of esters is 1. The molecule has 0 heterocycles.